The first-order valence-corrected chi connectivity index (χ1v) is 7.84. The normalized spacial score (nSPS) is 16.8. The van der Waals surface area contributed by atoms with Crippen LogP contribution in [0.15, 0.2) is 30.5 Å². The number of rotatable bonds is 4. The second kappa shape index (κ2) is 8.09. The zero-order valence-corrected chi connectivity index (χ0v) is 14.6. The van der Waals surface area contributed by atoms with Gasteiger partial charge in [-0.15, -0.1) is 12.4 Å². The number of benzene rings is 1. The zero-order chi connectivity index (χ0) is 17.1. The Kier molecular flexibility index (Phi) is 6.11. The lowest BCUT2D eigenvalue weighted by atomic mass is 10.0. The third-order valence-electron chi connectivity index (χ3n) is 4.06. The molecule has 25 heavy (non-hydrogen) atoms. The van der Waals surface area contributed by atoms with Crippen LogP contribution in [0.3, 0.4) is 0 Å². The molecule has 2 heterocycles. The highest BCUT2D eigenvalue weighted by molar-refractivity contribution is 6.00. The van der Waals surface area contributed by atoms with Crippen LogP contribution in [0.25, 0.3) is 11.3 Å². The second-order valence-corrected chi connectivity index (χ2v) is 5.89. The van der Waals surface area contributed by atoms with E-state index in [9.17, 15) is 14.9 Å². The van der Waals surface area contributed by atoms with Crippen LogP contribution in [-0.2, 0) is 7.05 Å². The molecule has 1 amide bonds. The van der Waals surface area contributed by atoms with E-state index in [2.05, 4.69) is 15.7 Å². The van der Waals surface area contributed by atoms with Crippen LogP contribution in [0.5, 0.6) is 0 Å². The number of nitro benzene ring substituents is 1. The molecule has 1 aliphatic rings. The number of nitrogens with zero attached hydrogens (tertiary/aromatic N) is 3. The molecule has 0 saturated carbocycles. The molecule has 1 aromatic carbocycles. The summed E-state index contributed by atoms with van der Waals surface area (Å²) in [5.74, 6) is -0.176. The lowest BCUT2D eigenvalue weighted by Gasteiger charge is -2.23. The van der Waals surface area contributed by atoms with Crippen LogP contribution >= 0.6 is 12.4 Å². The van der Waals surface area contributed by atoms with E-state index in [0.717, 1.165) is 25.9 Å². The third-order valence-corrected chi connectivity index (χ3v) is 4.06. The summed E-state index contributed by atoms with van der Waals surface area (Å²) >= 11 is 0. The van der Waals surface area contributed by atoms with Crippen LogP contribution in [0.1, 0.15) is 23.2 Å². The largest absolute Gasteiger partial charge is 0.348 e. The van der Waals surface area contributed by atoms with Crippen molar-refractivity contribution in [2.45, 2.75) is 18.9 Å². The van der Waals surface area contributed by atoms with E-state index in [-0.39, 0.29) is 30.0 Å². The molecular weight excluding hydrogens is 346 g/mol. The van der Waals surface area contributed by atoms with Crippen molar-refractivity contribution in [1.82, 2.24) is 20.4 Å². The minimum absolute atomic E-state index is 0. The van der Waals surface area contributed by atoms with Crippen molar-refractivity contribution in [2.75, 3.05) is 13.1 Å². The monoisotopic (exact) mass is 365 g/mol. The molecule has 0 aliphatic carbocycles. The molecule has 9 heteroatoms. The van der Waals surface area contributed by atoms with E-state index in [4.69, 9.17) is 0 Å². The number of nitrogens with one attached hydrogen (secondary N) is 2. The Balaban J connectivity index is 0.00000225. The summed E-state index contributed by atoms with van der Waals surface area (Å²) in [6.07, 6.45) is 3.65. The number of carbonyl (C=O) groups is 1. The van der Waals surface area contributed by atoms with Gasteiger partial charge < -0.3 is 10.6 Å². The SMILES string of the molecule is Cl.Cn1cc(C(=O)N[C@H]2CCCNC2)c(-c2ccc([N+](=O)[O-])cc2)n1. The fourth-order valence-corrected chi connectivity index (χ4v) is 2.85. The minimum atomic E-state index is -0.452. The molecule has 134 valence electrons. The first-order chi connectivity index (χ1) is 11.5. The maximum Gasteiger partial charge on any atom is 0.269 e. The van der Waals surface area contributed by atoms with E-state index in [0.29, 0.717) is 16.8 Å². The van der Waals surface area contributed by atoms with Crippen LogP contribution in [0.4, 0.5) is 5.69 Å². The summed E-state index contributed by atoms with van der Waals surface area (Å²) in [6, 6.07) is 6.16. The molecule has 0 unspecified atom stereocenters. The molecule has 1 atom stereocenters. The molecule has 1 saturated heterocycles. The number of hydrogen-bond acceptors (Lipinski definition) is 5. The summed E-state index contributed by atoms with van der Waals surface area (Å²) in [5.41, 5.74) is 1.67. The van der Waals surface area contributed by atoms with Crippen molar-refractivity contribution in [3.05, 3.63) is 46.1 Å². The number of nitro groups is 1. The number of non-ortho nitro benzene ring substituents is 1. The van der Waals surface area contributed by atoms with Crippen LogP contribution < -0.4 is 10.6 Å². The Morgan fingerprint density at radius 2 is 2.12 bits per heavy atom. The Labute approximate surface area is 151 Å². The van der Waals surface area contributed by atoms with Gasteiger partial charge in [0.05, 0.1) is 10.5 Å². The van der Waals surface area contributed by atoms with Crippen LogP contribution in [0, 0.1) is 10.1 Å². The van der Waals surface area contributed by atoms with Crippen molar-refractivity contribution in [2.24, 2.45) is 7.05 Å². The van der Waals surface area contributed by atoms with Gasteiger partial charge in [0.2, 0.25) is 0 Å². The smallest absolute Gasteiger partial charge is 0.269 e. The molecule has 0 spiro atoms. The number of halogens is 1. The van der Waals surface area contributed by atoms with Crippen molar-refractivity contribution in [3.8, 4) is 11.3 Å². The highest BCUT2D eigenvalue weighted by Crippen LogP contribution is 2.24. The quantitative estimate of drug-likeness (QED) is 0.636. The molecule has 3 rings (SSSR count). The highest BCUT2D eigenvalue weighted by atomic mass is 35.5. The van der Waals surface area contributed by atoms with Crippen molar-refractivity contribution in [1.29, 1.82) is 0 Å². The lowest BCUT2D eigenvalue weighted by Crippen LogP contribution is -2.45. The van der Waals surface area contributed by atoms with Gasteiger partial charge in [0.25, 0.3) is 11.6 Å². The molecular formula is C16H20ClN5O3. The number of carbonyl (C=O) groups excluding carboxylic acids is 1. The highest BCUT2D eigenvalue weighted by Gasteiger charge is 2.21. The fourth-order valence-electron chi connectivity index (χ4n) is 2.85. The Hall–Kier alpha value is -2.45. The summed E-state index contributed by atoms with van der Waals surface area (Å²) in [6.45, 7) is 1.74. The molecule has 8 nitrogen and oxygen atoms in total. The van der Waals surface area contributed by atoms with Gasteiger partial charge in [-0.3, -0.25) is 19.6 Å². The topological polar surface area (TPSA) is 102 Å². The molecule has 1 aromatic heterocycles. The maximum atomic E-state index is 12.6. The van der Waals surface area contributed by atoms with Gasteiger partial charge in [-0.05, 0) is 31.5 Å². The van der Waals surface area contributed by atoms with E-state index >= 15 is 0 Å². The van der Waals surface area contributed by atoms with Gasteiger partial charge in [0.15, 0.2) is 0 Å². The molecule has 2 aromatic rings. The van der Waals surface area contributed by atoms with Gasteiger partial charge >= 0.3 is 0 Å². The van der Waals surface area contributed by atoms with Gasteiger partial charge in [0, 0.05) is 43.5 Å². The molecule has 0 bridgehead atoms. The third kappa shape index (κ3) is 4.34. The molecule has 2 N–H and O–H groups in total. The van der Waals surface area contributed by atoms with Crippen LogP contribution in [-0.4, -0.2) is 39.7 Å². The first-order valence-electron chi connectivity index (χ1n) is 7.84. The average molecular weight is 366 g/mol. The summed E-state index contributed by atoms with van der Waals surface area (Å²) in [7, 11) is 1.74. The summed E-state index contributed by atoms with van der Waals surface area (Å²) in [5, 5.41) is 21.4. The van der Waals surface area contributed by atoms with Crippen molar-refractivity contribution >= 4 is 24.0 Å². The Bertz CT molecular complexity index is 754. The average Bonchev–Trinajstić information content (AvgIpc) is 2.98. The van der Waals surface area contributed by atoms with E-state index < -0.39 is 4.92 Å². The fraction of sp³-hybridized carbons (Fsp3) is 0.375. The van der Waals surface area contributed by atoms with E-state index in [1.807, 2.05) is 0 Å². The zero-order valence-electron chi connectivity index (χ0n) is 13.8. The number of piperidine rings is 1. The van der Waals surface area contributed by atoms with Gasteiger partial charge in [-0.2, -0.15) is 5.10 Å². The minimum Gasteiger partial charge on any atom is -0.348 e. The van der Waals surface area contributed by atoms with Gasteiger partial charge in [-0.1, -0.05) is 0 Å². The molecule has 1 aliphatic heterocycles. The first kappa shape index (κ1) is 18.9. The standard InChI is InChI=1S/C16H19N5O3.ClH/c1-20-10-14(16(22)18-12-3-2-8-17-9-12)15(19-20)11-4-6-13(7-5-11)21(23)24;/h4-7,10,12,17H,2-3,8-9H2,1H3,(H,18,22);1H/t12-;/m0./s1. The number of aromatic nitrogens is 2. The number of hydrogen-bond donors (Lipinski definition) is 2. The number of amides is 1. The summed E-state index contributed by atoms with van der Waals surface area (Å²) in [4.78, 5) is 22.9. The predicted octanol–water partition coefficient (Wildman–Crippen LogP) is 1.90. The van der Waals surface area contributed by atoms with Gasteiger partial charge in [-0.25, -0.2) is 0 Å². The molecule has 1 fully saturated rings. The summed E-state index contributed by atoms with van der Waals surface area (Å²) < 4.78 is 1.57. The second-order valence-electron chi connectivity index (χ2n) is 5.89. The number of aryl methyl sites for hydroxylation is 1. The Morgan fingerprint density at radius 1 is 1.40 bits per heavy atom. The van der Waals surface area contributed by atoms with Gasteiger partial charge in [0.1, 0.15) is 5.69 Å². The van der Waals surface area contributed by atoms with Crippen LogP contribution in [0.2, 0.25) is 0 Å². The Morgan fingerprint density at radius 3 is 2.72 bits per heavy atom. The van der Waals surface area contributed by atoms with Crippen molar-refractivity contribution in [3.63, 3.8) is 0 Å². The maximum absolute atomic E-state index is 12.6. The van der Waals surface area contributed by atoms with E-state index in [1.54, 1.807) is 30.1 Å². The van der Waals surface area contributed by atoms with Crippen molar-refractivity contribution < 1.29 is 9.72 Å². The predicted molar refractivity (Wildman–Crippen MR) is 95.9 cm³/mol. The molecule has 0 radical (unpaired) electrons. The van der Waals surface area contributed by atoms with E-state index in [1.165, 1.54) is 12.1 Å². The lowest BCUT2D eigenvalue weighted by molar-refractivity contribution is -0.384.